The van der Waals surface area contributed by atoms with Crippen molar-refractivity contribution in [3.8, 4) is 17.1 Å². The number of hydrogen-bond donors (Lipinski definition) is 1. The Morgan fingerprint density at radius 3 is 2.33 bits per heavy atom. The van der Waals surface area contributed by atoms with Crippen molar-refractivity contribution in [2.24, 2.45) is 0 Å². The number of methoxy groups -OCH3 is 1. The van der Waals surface area contributed by atoms with Gasteiger partial charge in [-0.2, -0.15) is 0 Å². The number of ether oxygens (including phenoxy) is 1. The molecule has 0 aliphatic heterocycles. The van der Waals surface area contributed by atoms with E-state index in [0.717, 1.165) is 28.4 Å². The van der Waals surface area contributed by atoms with Gasteiger partial charge >= 0.3 is 0 Å². The highest BCUT2D eigenvalue weighted by atomic mass is 16.5. The van der Waals surface area contributed by atoms with Crippen molar-refractivity contribution < 1.29 is 18.7 Å². The largest absolute Gasteiger partial charge is 0.497 e. The van der Waals surface area contributed by atoms with E-state index in [1.165, 1.54) is 0 Å². The smallest absolute Gasteiger partial charge is 0.251 e. The van der Waals surface area contributed by atoms with Crippen LogP contribution in [0.4, 0.5) is 0 Å². The third-order valence-corrected chi connectivity index (χ3v) is 4.91. The average Bonchev–Trinajstić information content (AvgIpc) is 3.26. The van der Waals surface area contributed by atoms with Crippen molar-refractivity contribution in [3.05, 3.63) is 77.6 Å². The zero-order chi connectivity index (χ0) is 21.5. The van der Waals surface area contributed by atoms with Crippen LogP contribution in [0.25, 0.3) is 11.3 Å². The van der Waals surface area contributed by atoms with Gasteiger partial charge in [0.25, 0.3) is 5.91 Å². The lowest BCUT2D eigenvalue weighted by molar-refractivity contribution is -0.130. The molecule has 1 N–H and O–H groups in total. The van der Waals surface area contributed by atoms with Crippen LogP contribution in [0.3, 0.4) is 0 Å². The van der Waals surface area contributed by atoms with Crippen LogP contribution in [0.15, 0.2) is 65.1 Å². The van der Waals surface area contributed by atoms with Gasteiger partial charge in [-0.15, -0.1) is 0 Å². The van der Waals surface area contributed by atoms with Crippen LogP contribution in [-0.2, 0) is 17.8 Å². The molecular formula is C24H26N2O4. The summed E-state index contributed by atoms with van der Waals surface area (Å²) in [5, 5.41) is 2.59. The van der Waals surface area contributed by atoms with E-state index in [4.69, 9.17) is 9.15 Å². The Labute approximate surface area is 176 Å². The number of hydrogen-bond acceptors (Lipinski definition) is 4. The standard InChI is InChI=1S/C24H26N2O4/c1-25-24(28)19-6-4-17(5-7-19)16-26(2)23(27)15-13-21-12-14-22(30-21)18-8-10-20(29-3)11-9-18/h4-12,14H,13,15-16H2,1-3H3,(H,25,28). The maximum absolute atomic E-state index is 12.5. The third kappa shape index (κ3) is 5.29. The van der Waals surface area contributed by atoms with Crippen LogP contribution >= 0.6 is 0 Å². The number of benzene rings is 2. The molecule has 2 aromatic carbocycles. The zero-order valence-electron chi connectivity index (χ0n) is 17.5. The molecule has 156 valence electrons. The van der Waals surface area contributed by atoms with Crippen LogP contribution in [-0.4, -0.2) is 37.9 Å². The molecule has 0 saturated carbocycles. The van der Waals surface area contributed by atoms with Gasteiger partial charge < -0.3 is 19.4 Å². The van der Waals surface area contributed by atoms with Gasteiger partial charge in [-0.25, -0.2) is 0 Å². The number of nitrogens with zero attached hydrogens (tertiary/aromatic N) is 1. The van der Waals surface area contributed by atoms with E-state index in [1.807, 2.05) is 48.5 Å². The van der Waals surface area contributed by atoms with Gasteiger partial charge in [-0.1, -0.05) is 12.1 Å². The fraction of sp³-hybridized carbons (Fsp3) is 0.250. The molecule has 3 rings (SSSR count). The fourth-order valence-corrected chi connectivity index (χ4v) is 3.11. The van der Waals surface area contributed by atoms with Gasteiger partial charge in [-0.05, 0) is 54.1 Å². The highest BCUT2D eigenvalue weighted by Crippen LogP contribution is 2.25. The topological polar surface area (TPSA) is 71.8 Å². The molecule has 6 nitrogen and oxygen atoms in total. The van der Waals surface area contributed by atoms with Crippen molar-refractivity contribution in [2.75, 3.05) is 21.2 Å². The van der Waals surface area contributed by atoms with Gasteiger partial charge in [0.05, 0.1) is 7.11 Å². The van der Waals surface area contributed by atoms with Gasteiger partial charge in [-0.3, -0.25) is 9.59 Å². The highest BCUT2D eigenvalue weighted by molar-refractivity contribution is 5.93. The molecule has 0 saturated heterocycles. The average molecular weight is 406 g/mol. The molecule has 0 radical (unpaired) electrons. The summed E-state index contributed by atoms with van der Waals surface area (Å²) in [6, 6.07) is 18.7. The Kier molecular flexibility index (Phi) is 6.91. The van der Waals surface area contributed by atoms with E-state index in [9.17, 15) is 9.59 Å². The summed E-state index contributed by atoms with van der Waals surface area (Å²) >= 11 is 0. The number of carbonyl (C=O) groups is 2. The monoisotopic (exact) mass is 406 g/mol. The normalized spacial score (nSPS) is 10.5. The minimum Gasteiger partial charge on any atom is -0.497 e. The van der Waals surface area contributed by atoms with Crippen LogP contribution in [0.5, 0.6) is 5.75 Å². The Balaban J connectivity index is 1.52. The summed E-state index contributed by atoms with van der Waals surface area (Å²) in [6.45, 7) is 0.488. The molecule has 1 aromatic heterocycles. The van der Waals surface area contributed by atoms with E-state index in [2.05, 4.69) is 5.32 Å². The predicted octanol–water partition coefficient (Wildman–Crippen LogP) is 3.91. The molecule has 0 aliphatic carbocycles. The number of aryl methyl sites for hydroxylation is 1. The molecule has 0 spiro atoms. The number of furan rings is 1. The van der Waals surface area contributed by atoms with E-state index in [1.54, 1.807) is 38.2 Å². The lowest BCUT2D eigenvalue weighted by Crippen LogP contribution is -2.26. The minimum atomic E-state index is -0.126. The molecule has 3 aromatic rings. The SMILES string of the molecule is CNC(=O)c1ccc(CN(C)C(=O)CCc2ccc(-c3ccc(OC)cc3)o2)cc1. The minimum absolute atomic E-state index is 0.0350. The molecule has 2 amide bonds. The molecule has 0 unspecified atom stereocenters. The van der Waals surface area contributed by atoms with E-state index in [0.29, 0.717) is 24.9 Å². The summed E-state index contributed by atoms with van der Waals surface area (Å²) in [5.74, 6) is 2.25. The number of nitrogens with one attached hydrogen (secondary N) is 1. The molecule has 30 heavy (non-hydrogen) atoms. The fourth-order valence-electron chi connectivity index (χ4n) is 3.11. The Bertz CT molecular complexity index is 991. The second kappa shape index (κ2) is 9.78. The predicted molar refractivity (Wildman–Crippen MR) is 115 cm³/mol. The first-order valence-corrected chi connectivity index (χ1v) is 9.78. The van der Waals surface area contributed by atoms with Crippen molar-refractivity contribution in [1.29, 1.82) is 0 Å². The number of amides is 2. The maximum Gasteiger partial charge on any atom is 0.251 e. The quantitative estimate of drug-likeness (QED) is 0.616. The second-order valence-electron chi connectivity index (χ2n) is 7.02. The Hall–Kier alpha value is -3.54. The summed E-state index contributed by atoms with van der Waals surface area (Å²) in [6.07, 6.45) is 0.900. The van der Waals surface area contributed by atoms with E-state index >= 15 is 0 Å². The van der Waals surface area contributed by atoms with Gasteiger partial charge in [0, 0.05) is 44.6 Å². The summed E-state index contributed by atoms with van der Waals surface area (Å²) in [7, 11) is 5.01. The maximum atomic E-state index is 12.5. The lowest BCUT2D eigenvalue weighted by Gasteiger charge is -2.17. The molecular weight excluding hydrogens is 380 g/mol. The van der Waals surface area contributed by atoms with Crippen molar-refractivity contribution in [1.82, 2.24) is 10.2 Å². The van der Waals surface area contributed by atoms with Crippen molar-refractivity contribution in [3.63, 3.8) is 0 Å². The van der Waals surface area contributed by atoms with Crippen LogP contribution in [0.2, 0.25) is 0 Å². The number of carbonyl (C=O) groups excluding carboxylic acids is 2. The molecule has 0 fully saturated rings. The van der Waals surface area contributed by atoms with Crippen LogP contribution < -0.4 is 10.1 Å². The van der Waals surface area contributed by atoms with Crippen molar-refractivity contribution in [2.45, 2.75) is 19.4 Å². The van der Waals surface area contributed by atoms with Gasteiger partial charge in [0.15, 0.2) is 0 Å². The molecule has 1 heterocycles. The van der Waals surface area contributed by atoms with E-state index in [-0.39, 0.29) is 11.8 Å². The first kappa shape index (κ1) is 21.2. The third-order valence-electron chi connectivity index (χ3n) is 4.91. The summed E-state index contributed by atoms with van der Waals surface area (Å²) < 4.78 is 11.1. The molecule has 0 aliphatic rings. The summed E-state index contributed by atoms with van der Waals surface area (Å²) in [5.41, 5.74) is 2.53. The van der Waals surface area contributed by atoms with Crippen LogP contribution in [0, 0.1) is 0 Å². The lowest BCUT2D eigenvalue weighted by atomic mass is 10.1. The van der Waals surface area contributed by atoms with Gasteiger partial charge in [0.1, 0.15) is 17.3 Å². The number of rotatable bonds is 8. The first-order chi connectivity index (χ1) is 14.5. The second-order valence-corrected chi connectivity index (χ2v) is 7.02. The highest BCUT2D eigenvalue weighted by Gasteiger charge is 2.12. The first-order valence-electron chi connectivity index (χ1n) is 9.78. The molecule has 0 bridgehead atoms. The Morgan fingerprint density at radius 1 is 1.00 bits per heavy atom. The molecule has 0 atom stereocenters. The molecule has 6 heteroatoms. The van der Waals surface area contributed by atoms with Gasteiger partial charge in [0.2, 0.25) is 5.91 Å². The van der Waals surface area contributed by atoms with E-state index < -0.39 is 0 Å². The summed E-state index contributed by atoms with van der Waals surface area (Å²) in [4.78, 5) is 25.8. The Morgan fingerprint density at radius 2 is 1.70 bits per heavy atom. The zero-order valence-corrected chi connectivity index (χ0v) is 17.5. The van der Waals surface area contributed by atoms with Crippen LogP contribution in [0.1, 0.15) is 28.1 Å². The van der Waals surface area contributed by atoms with Crippen molar-refractivity contribution >= 4 is 11.8 Å².